The molecule has 2 aromatic rings. The zero-order valence-electron chi connectivity index (χ0n) is 19.3. The van der Waals surface area contributed by atoms with Crippen LogP contribution in [0.3, 0.4) is 0 Å². The van der Waals surface area contributed by atoms with Crippen LogP contribution in [0.2, 0.25) is 0 Å². The van der Waals surface area contributed by atoms with Gasteiger partial charge in [-0.1, -0.05) is 70.5 Å². The van der Waals surface area contributed by atoms with Gasteiger partial charge in [0.05, 0.1) is 12.2 Å². The third kappa shape index (κ3) is 5.03. The van der Waals surface area contributed by atoms with Crippen molar-refractivity contribution in [3.05, 3.63) is 70.3 Å². The molecule has 0 spiro atoms. The van der Waals surface area contributed by atoms with Gasteiger partial charge in [-0.05, 0) is 83.9 Å². The Morgan fingerprint density at radius 2 is 1.80 bits per heavy atom. The van der Waals surface area contributed by atoms with Crippen molar-refractivity contribution in [2.45, 2.75) is 78.1 Å². The molecule has 0 radical (unpaired) electrons. The molecule has 0 saturated heterocycles. The quantitative estimate of drug-likeness (QED) is 0.348. The summed E-state index contributed by atoms with van der Waals surface area (Å²) in [6.07, 6.45) is 8.20. The van der Waals surface area contributed by atoms with Crippen LogP contribution in [-0.4, -0.2) is 12.6 Å². The molecule has 1 aliphatic carbocycles. The average Bonchev–Trinajstić information content (AvgIpc) is 2.74. The van der Waals surface area contributed by atoms with Gasteiger partial charge in [0.15, 0.2) is 0 Å². The van der Waals surface area contributed by atoms with E-state index < -0.39 is 0 Å². The van der Waals surface area contributed by atoms with E-state index in [0.29, 0.717) is 18.1 Å². The van der Waals surface area contributed by atoms with Gasteiger partial charge < -0.3 is 4.74 Å². The SMILES string of the molecule is CCCC/C(=C\c1ccc(C(=O)OCC)cc1)c1ccc2c(c1)C(C)(C)CCC2C. The van der Waals surface area contributed by atoms with E-state index in [0.717, 1.165) is 12.0 Å². The molecule has 0 heterocycles. The van der Waals surface area contributed by atoms with Crippen LogP contribution in [0.25, 0.3) is 11.6 Å². The van der Waals surface area contributed by atoms with Crippen molar-refractivity contribution in [2.24, 2.45) is 0 Å². The Morgan fingerprint density at radius 3 is 2.47 bits per heavy atom. The zero-order valence-corrected chi connectivity index (χ0v) is 19.3. The highest BCUT2D eigenvalue weighted by Crippen LogP contribution is 2.43. The third-order valence-corrected chi connectivity index (χ3v) is 6.45. The maximum atomic E-state index is 11.9. The van der Waals surface area contributed by atoms with Crippen LogP contribution in [0.15, 0.2) is 42.5 Å². The lowest BCUT2D eigenvalue weighted by atomic mass is 9.68. The second-order valence-electron chi connectivity index (χ2n) is 9.24. The van der Waals surface area contributed by atoms with Crippen molar-refractivity contribution in [3.8, 4) is 0 Å². The Labute approximate surface area is 182 Å². The molecule has 1 atom stereocenters. The topological polar surface area (TPSA) is 26.3 Å². The monoisotopic (exact) mass is 404 g/mol. The number of unbranched alkanes of at least 4 members (excludes halogenated alkanes) is 1. The molecule has 1 aliphatic rings. The van der Waals surface area contributed by atoms with E-state index in [1.54, 1.807) is 0 Å². The zero-order chi connectivity index (χ0) is 21.7. The van der Waals surface area contributed by atoms with Crippen LogP contribution in [0.5, 0.6) is 0 Å². The fraction of sp³-hybridized carbons (Fsp3) is 0.464. The number of fused-ring (bicyclic) bond motifs is 1. The Hall–Kier alpha value is -2.35. The van der Waals surface area contributed by atoms with Crippen LogP contribution in [0, 0.1) is 0 Å². The Kier molecular flexibility index (Phi) is 7.18. The number of hydrogen-bond donors (Lipinski definition) is 0. The van der Waals surface area contributed by atoms with E-state index in [2.05, 4.69) is 52.0 Å². The lowest BCUT2D eigenvalue weighted by molar-refractivity contribution is 0.0526. The number of esters is 1. The van der Waals surface area contributed by atoms with Gasteiger partial charge in [0.25, 0.3) is 0 Å². The van der Waals surface area contributed by atoms with Crippen molar-refractivity contribution in [2.75, 3.05) is 6.61 Å². The molecule has 0 N–H and O–H groups in total. The van der Waals surface area contributed by atoms with Gasteiger partial charge in [0.2, 0.25) is 0 Å². The average molecular weight is 405 g/mol. The molecule has 3 rings (SSSR count). The van der Waals surface area contributed by atoms with Crippen LogP contribution in [0.4, 0.5) is 0 Å². The molecule has 0 fully saturated rings. The lowest BCUT2D eigenvalue weighted by Gasteiger charge is -2.36. The first-order chi connectivity index (χ1) is 14.4. The molecule has 2 heteroatoms. The van der Waals surface area contributed by atoms with Gasteiger partial charge in [0, 0.05) is 0 Å². The molecule has 0 aliphatic heterocycles. The normalized spacial score (nSPS) is 18.0. The Bertz CT molecular complexity index is 903. The molecule has 30 heavy (non-hydrogen) atoms. The minimum atomic E-state index is -0.259. The van der Waals surface area contributed by atoms with E-state index in [1.807, 2.05) is 31.2 Å². The van der Waals surface area contributed by atoms with E-state index in [-0.39, 0.29) is 11.4 Å². The molecule has 160 valence electrons. The number of benzene rings is 2. The minimum absolute atomic E-state index is 0.231. The first-order valence-electron chi connectivity index (χ1n) is 11.5. The highest BCUT2D eigenvalue weighted by molar-refractivity contribution is 5.90. The highest BCUT2D eigenvalue weighted by atomic mass is 16.5. The summed E-state index contributed by atoms with van der Waals surface area (Å²) in [5.74, 6) is 0.380. The van der Waals surface area contributed by atoms with Gasteiger partial charge in [-0.3, -0.25) is 0 Å². The van der Waals surface area contributed by atoms with Gasteiger partial charge in [0.1, 0.15) is 0 Å². The summed E-state index contributed by atoms with van der Waals surface area (Å²) in [6, 6.07) is 14.9. The second-order valence-corrected chi connectivity index (χ2v) is 9.24. The van der Waals surface area contributed by atoms with E-state index in [4.69, 9.17) is 4.74 Å². The van der Waals surface area contributed by atoms with Crippen LogP contribution < -0.4 is 0 Å². The lowest BCUT2D eigenvalue weighted by Crippen LogP contribution is -2.25. The minimum Gasteiger partial charge on any atom is -0.462 e. The number of ether oxygens (including phenoxy) is 1. The molecule has 0 amide bonds. The summed E-state index contributed by atoms with van der Waals surface area (Å²) >= 11 is 0. The number of carbonyl (C=O) groups excluding carboxylic acids is 1. The number of rotatable bonds is 7. The summed E-state index contributed by atoms with van der Waals surface area (Å²) in [5.41, 5.74) is 7.70. The summed E-state index contributed by atoms with van der Waals surface area (Å²) < 4.78 is 5.10. The molecule has 1 unspecified atom stereocenters. The molecule has 2 aromatic carbocycles. The first-order valence-corrected chi connectivity index (χ1v) is 11.5. The molecular formula is C28H36O2. The standard InChI is InChI=1S/C28H36O2/c1-6-8-9-23(18-21-10-12-22(13-11-21)27(29)30-7-2)24-14-15-25-20(3)16-17-28(4,5)26(25)19-24/h10-15,18-20H,6-9,16-17H2,1-5H3/b23-18+. The smallest absolute Gasteiger partial charge is 0.338 e. The fourth-order valence-corrected chi connectivity index (χ4v) is 4.44. The van der Waals surface area contributed by atoms with Crippen molar-refractivity contribution < 1.29 is 9.53 Å². The predicted molar refractivity (Wildman–Crippen MR) is 127 cm³/mol. The maximum Gasteiger partial charge on any atom is 0.338 e. The molecule has 2 nitrogen and oxygen atoms in total. The van der Waals surface area contributed by atoms with E-state index >= 15 is 0 Å². The van der Waals surface area contributed by atoms with Gasteiger partial charge in [-0.25, -0.2) is 4.79 Å². The molecule has 0 aromatic heterocycles. The first kappa shape index (κ1) is 22.3. The summed E-state index contributed by atoms with van der Waals surface area (Å²) in [6.45, 7) is 11.6. The Morgan fingerprint density at radius 1 is 1.10 bits per heavy atom. The fourth-order valence-electron chi connectivity index (χ4n) is 4.44. The van der Waals surface area contributed by atoms with Crippen molar-refractivity contribution in [1.29, 1.82) is 0 Å². The predicted octanol–water partition coefficient (Wildman–Crippen LogP) is 7.77. The highest BCUT2D eigenvalue weighted by Gasteiger charge is 2.31. The van der Waals surface area contributed by atoms with Gasteiger partial charge >= 0.3 is 5.97 Å². The van der Waals surface area contributed by atoms with Gasteiger partial charge in [-0.2, -0.15) is 0 Å². The van der Waals surface area contributed by atoms with Crippen molar-refractivity contribution in [3.63, 3.8) is 0 Å². The number of carbonyl (C=O) groups is 1. The van der Waals surface area contributed by atoms with Crippen LogP contribution >= 0.6 is 0 Å². The second kappa shape index (κ2) is 9.64. The van der Waals surface area contributed by atoms with E-state index in [1.165, 1.54) is 47.9 Å². The van der Waals surface area contributed by atoms with E-state index in [9.17, 15) is 4.79 Å². The molecule has 0 saturated carbocycles. The van der Waals surface area contributed by atoms with Crippen LogP contribution in [0.1, 0.15) is 105 Å². The van der Waals surface area contributed by atoms with Gasteiger partial charge in [-0.15, -0.1) is 0 Å². The van der Waals surface area contributed by atoms with Crippen molar-refractivity contribution >= 4 is 17.6 Å². The number of allylic oxidation sites excluding steroid dienone is 1. The molecule has 0 bridgehead atoms. The summed E-state index contributed by atoms with van der Waals surface area (Å²) in [5, 5.41) is 0. The Balaban J connectivity index is 1.96. The number of hydrogen-bond acceptors (Lipinski definition) is 2. The summed E-state index contributed by atoms with van der Waals surface area (Å²) in [7, 11) is 0. The van der Waals surface area contributed by atoms with Crippen molar-refractivity contribution in [1.82, 2.24) is 0 Å². The largest absolute Gasteiger partial charge is 0.462 e. The molecular weight excluding hydrogens is 368 g/mol. The maximum absolute atomic E-state index is 11.9. The summed E-state index contributed by atoms with van der Waals surface area (Å²) in [4.78, 5) is 11.9. The third-order valence-electron chi connectivity index (χ3n) is 6.45. The van der Waals surface area contributed by atoms with Crippen LogP contribution in [-0.2, 0) is 10.2 Å².